The summed E-state index contributed by atoms with van der Waals surface area (Å²) in [7, 11) is 0. The number of nitrogens with zero attached hydrogens (tertiary/aromatic N) is 1. The number of hydrogen-bond acceptors (Lipinski definition) is 4. The van der Waals surface area contributed by atoms with Crippen LogP contribution in [0.1, 0.15) is 37.4 Å². The Bertz CT molecular complexity index is 1090. The zero-order chi connectivity index (χ0) is 20.8. The van der Waals surface area contributed by atoms with Crippen molar-refractivity contribution in [3.63, 3.8) is 0 Å². The number of nitrogens with one attached hydrogen (secondary N) is 1. The summed E-state index contributed by atoms with van der Waals surface area (Å²) < 4.78 is 6.33. The van der Waals surface area contributed by atoms with Crippen molar-refractivity contribution in [2.75, 3.05) is 0 Å². The second-order valence-corrected chi connectivity index (χ2v) is 7.43. The Morgan fingerprint density at radius 3 is 2.28 bits per heavy atom. The molecule has 0 spiro atoms. The Hall–Kier alpha value is -3.25. The summed E-state index contributed by atoms with van der Waals surface area (Å²) in [5, 5.41) is 4.01. The second kappa shape index (κ2) is 9.30. The number of hydrogen-bond donors (Lipinski definition) is 1. The smallest absolute Gasteiger partial charge is 0.343 e. The van der Waals surface area contributed by atoms with Crippen LogP contribution in [0.5, 0.6) is 5.75 Å². The largest absolute Gasteiger partial charge is 0.422 e. The number of esters is 1. The van der Waals surface area contributed by atoms with Crippen LogP contribution in [0, 0.1) is 13.8 Å². The highest BCUT2D eigenvalue weighted by Crippen LogP contribution is 2.23. The van der Waals surface area contributed by atoms with Gasteiger partial charge in [0.25, 0.3) is 5.91 Å². The summed E-state index contributed by atoms with van der Waals surface area (Å²) in [4.78, 5) is 24.7. The van der Waals surface area contributed by atoms with Crippen LogP contribution in [0.15, 0.2) is 76.3 Å². The molecular weight excluding hydrogens is 432 g/mol. The van der Waals surface area contributed by atoms with Crippen molar-refractivity contribution < 1.29 is 14.3 Å². The maximum Gasteiger partial charge on any atom is 0.343 e. The normalized spacial score (nSPS) is 10.7. The standard InChI is InChI=1S/C23H19BrN2O3/c1-15-5-3-7-17(11-15)22(27)26-25-14-19-13-20(24)9-10-21(19)29-23(28)18-8-4-6-16(2)12-18/h3-14H,1-2H3,(H,26,27)/b25-14-. The minimum atomic E-state index is -0.463. The molecule has 0 unspecified atom stereocenters. The molecule has 0 aliphatic rings. The van der Waals surface area contributed by atoms with E-state index < -0.39 is 5.97 Å². The van der Waals surface area contributed by atoms with Crippen molar-refractivity contribution in [1.82, 2.24) is 5.43 Å². The molecule has 29 heavy (non-hydrogen) atoms. The van der Waals surface area contributed by atoms with E-state index in [1.54, 1.807) is 48.5 Å². The van der Waals surface area contributed by atoms with E-state index in [-0.39, 0.29) is 5.91 Å². The van der Waals surface area contributed by atoms with Gasteiger partial charge in [-0.1, -0.05) is 51.3 Å². The molecule has 0 bridgehead atoms. The van der Waals surface area contributed by atoms with Crippen LogP contribution in [-0.4, -0.2) is 18.1 Å². The molecule has 0 aliphatic heterocycles. The average Bonchev–Trinajstić information content (AvgIpc) is 2.69. The van der Waals surface area contributed by atoms with Gasteiger partial charge in [-0.25, -0.2) is 10.2 Å². The second-order valence-electron chi connectivity index (χ2n) is 6.51. The summed E-state index contributed by atoms with van der Waals surface area (Å²) in [6, 6.07) is 19.6. The first kappa shape index (κ1) is 20.5. The van der Waals surface area contributed by atoms with Gasteiger partial charge < -0.3 is 4.74 Å². The molecule has 5 nitrogen and oxygen atoms in total. The Balaban J connectivity index is 1.75. The first-order valence-corrected chi connectivity index (χ1v) is 9.70. The van der Waals surface area contributed by atoms with E-state index >= 15 is 0 Å². The van der Waals surface area contributed by atoms with Crippen molar-refractivity contribution >= 4 is 34.0 Å². The molecule has 0 saturated carbocycles. The maximum atomic E-state index is 12.5. The third kappa shape index (κ3) is 5.62. The third-order valence-electron chi connectivity index (χ3n) is 4.08. The van der Waals surface area contributed by atoms with Crippen molar-refractivity contribution in [2.45, 2.75) is 13.8 Å². The Labute approximate surface area is 177 Å². The lowest BCUT2D eigenvalue weighted by atomic mass is 10.1. The zero-order valence-corrected chi connectivity index (χ0v) is 17.6. The number of halogens is 1. The predicted octanol–water partition coefficient (Wildman–Crippen LogP) is 5.05. The Morgan fingerprint density at radius 1 is 0.931 bits per heavy atom. The molecule has 3 aromatic carbocycles. The maximum absolute atomic E-state index is 12.5. The first-order valence-electron chi connectivity index (χ1n) is 8.91. The molecule has 6 heteroatoms. The summed E-state index contributed by atoms with van der Waals surface area (Å²) in [5.41, 5.74) is 5.97. The zero-order valence-electron chi connectivity index (χ0n) is 16.0. The van der Waals surface area contributed by atoms with Crippen LogP contribution in [0.4, 0.5) is 0 Å². The SMILES string of the molecule is Cc1cccc(C(=O)N/N=C\c2cc(Br)ccc2OC(=O)c2cccc(C)c2)c1. The summed E-state index contributed by atoms with van der Waals surface area (Å²) >= 11 is 3.39. The lowest BCUT2D eigenvalue weighted by molar-refractivity contribution is 0.0734. The van der Waals surface area contributed by atoms with Crippen LogP contribution in [0.2, 0.25) is 0 Å². The Kier molecular flexibility index (Phi) is 6.57. The molecule has 3 rings (SSSR count). The van der Waals surface area contributed by atoms with Gasteiger partial charge >= 0.3 is 5.97 Å². The number of ether oxygens (including phenoxy) is 1. The highest BCUT2D eigenvalue weighted by atomic mass is 79.9. The quantitative estimate of drug-likeness (QED) is 0.256. The third-order valence-corrected chi connectivity index (χ3v) is 4.57. The number of rotatable bonds is 5. The highest BCUT2D eigenvalue weighted by molar-refractivity contribution is 9.10. The monoisotopic (exact) mass is 450 g/mol. The van der Waals surface area contributed by atoms with Crippen LogP contribution in [0.25, 0.3) is 0 Å². The molecule has 0 heterocycles. The van der Waals surface area contributed by atoms with Gasteiger partial charge in [-0.3, -0.25) is 4.79 Å². The molecule has 0 aliphatic carbocycles. The molecule has 146 valence electrons. The number of amides is 1. The van der Waals surface area contributed by atoms with Gasteiger partial charge in [-0.05, 0) is 56.3 Å². The van der Waals surface area contributed by atoms with Gasteiger partial charge in [0.15, 0.2) is 0 Å². The predicted molar refractivity (Wildman–Crippen MR) is 117 cm³/mol. The van der Waals surface area contributed by atoms with Crippen molar-refractivity contribution in [3.8, 4) is 5.75 Å². The highest BCUT2D eigenvalue weighted by Gasteiger charge is 2.12. The van der Waals surface area contributed by atoms with Gasteiger partial charge in [-0.15, -0.1) is 0 Å². The fourth-order valence-corrected chi connectivity index (χ4v) is 3.03. The Morgan fingerprint density at radius 2 is 1.59 bits per heavy atom. The minimum absolute atomic E-state index is 0.321. The van der Waals surface area contributed by atoms with Gasteiger partial charge in [0.1, 0.15) is 5.75 Å². The number of aryl methyl sites for hydroxylation is 2. The lowest BCUT2D eigenvalue weighted by Gasteiger charge is -2.08. The lowest BCUT2D eigenvalue weighted by Crippen LogP contribution is -2.17. The van der Waals surface area contributed by atoms with E-state index in [1.165, 1.54) is 6.21 Å². The molecule has 0 atom stereocenters. The van der Waals surface area contributed by atoms with Gasteiger partial charge in [0.05, 0.1) is 11.8 Å². The summed E-state index contributed by atoms with van der Waals surface area (Å²) in [6.07, 6.45) is 1.44. The van der Waals surface area contributed by atoms with E-state index in [0.717, 1.165) is 15.6 Å². The van der Waals surface area contributed by atoms with E-state index in [0.29, 0.717) is 22.4 Å². The van der Waals surface area contributed by atoms with Crippen LogP contribution in [-0.2, 0) is 0 Å². The van der Waals surface area contributed by atoms with Crippen LogP contribution in [0.3, 0.4) is 0 Å². The molecule has 1 amide bonds. The van der Waals surface area contributed by atoms with Crippen molar-refractivity contribution in [2.24, 2.45) is 5.10 Å². The molecule has 3 aromatic rings. The molecule has 1 N–H and O–H groups in total. The van der Waals surface area contributed by atoms with Crippen molar-refractivity contribution in [1.29, 1.82) is 0 Å². The average molecular weight is 451 g/mol. The number of carbonyl (C=O) groups excluding carboxylic acids is 2. The molecule has 0 saturated heterocycles. The van der Waals surface area contributed by atoms with Crippen LogP contribution < -0.4 is 10.2 Å². The topological polar surface area (TPSA) is 67.8 Å². The number of benzene rings is 3. The molecular formula is C23H19BrN2O3. The fourth-order valence-electron chi connectivity index (χ4n) is 2.66. The van der Waals surface area contributed by atoms with Gasteiger partial charge in [0, 0.05) is 15.6 Å². The number of hydrazone groups is 1. The van der Waals surface area contributed by atoms with Gasteiger partial charge in [-0.2, -0.15) is 5.10 Å². The number of carbonyl (C=O) groups is 2. The van der Waals surface area contributed by atoms with E-state index in [1.807, 2.05) is 32.0 Å². The minimum Gasteiger partial charge on any atom is -0.422 e. The van der Waals surface area contributed by atoms with E-state index in [9.17, 15) is 9.59 Å². The first-order chi connectivity index (χ1) is 13.9. The molecule has 0 radical (unpaired) electrons. The van der Waals surface area contributed by atoms with E-state index in [2.05, 4.69) is 26.5 Å². The van der Waals surface area contributed by atoms with Crippen molar-refractivity contribution in [3.05, 3.63) is 99.0 Å². The van der Waals surface area contributed by atoms with Gasteiger partial charge in [0.2, 0.25) is 0 Å². The van der Waals surface area contributed by atoms with Crippen LogP contribution >= 0.6 is 15.9 Å². The fraction of sp³-hybridized carbons (Fsp3) is 0.0870. The molecule has 0 aromatic heterocycles. The van der Waals surface area contributed by atoms with E-state index in [4.69, 9.17) is 4.74 Å². The summed E-state index contributed by atoms with van der Waals surface area (Å²) in [6.45, 7) is 3.82. The summed E-state index contributed by atoms with van der Waals surface area (Å²) in [5.74, 6) is -0.444. The molecule has 0 fully saturated rings.